The molecule has 0 bridgehead atoms. The van der Waals surface area contributed by atoms with Gasteiger partial charge in [-0.15, -0.1) is 0 Å². The monoisotopic (exact) mass is 204 g/mol. The number of nitriles is 1. The van der Waals surface area contributed by atoms with Crippen LogP contribution in [-0.4, -0.2) is 42.3 Å². The van der Waals surface area contributed by atoms with E-state index in [0.717, 1.165) is 0 Å². The van der Waals surface area contributed by atoms with E-state index in [0.29, 0.717) is 0 Å². The summed E-state index contributed by atoms with van der Waals surface area (Å²) in [6.07, 6.45) is -0.0112. The first-order chi connectivity index (χ1) is 5.93. The lowest BCUT2D eigenvalue weighted by molar-refractivity contribution is -0.0546. The molecule has 1 aliphatic rings. The van der Waals surface area contributed by atoms with Crippen molar-refractivity contribution in [2.45, 2.75) is 18.9 Å². The van der Waals surface area contributed by atoms with Gasteiger partial charge in [0, 0.05) is 13.1 Å². The molecule has 0 aromatic rings. The highest BCUT2D eigenvalue weighted by Crippen LogP contribution is 2.26. The van der Waals surface area contributed by atoms with Gasteiger partial charge in [0.15, 0.2) is 0 Å². The number of β-amino-alcohol motifs (C(OH)–C–C–N with tert-alkyl or cyclic N) is 1. The van der Waals surface area contributed by atoms with Crippen LogP contribution in [0.25, 0.3) is 0 Å². The zero-order chi connectivity index (χ0) is 10.1. The van der Waals surface area contributed by atoms with Gasteiger partial charge in [-0.1, -0.05) is 0 Å². The van der Waals surface area contributed by atoms with Crippen molar-refractivity contribution in [2.24, 2.45) is 0 Å². The Hall–Kier alpha value is -0.640. The molecular formula is C7H12N2O3S. The molecule has 0 aliphatic carbocycles. The van der Waals surface area contributed by atoms with Gasteiger partial charge in [-0.2, -0.15) is 9.57 Å². The minimum absolute atomic E-state index is 0.0112. The summed E-state index contributed by atoms with van der Waals surface area (Å²) in [6, 6.07) is 1.83. The Balaban J connectivity index is 2.56. The van der Waals surface area contributed by atoms with Crippen molar-refractivity contribution in [3.8, 4) is 6.07 Å². The fourth-order valence-corrected chi connectivity index (χ4v) is 2.49. The molecule has 1 heterocycles. The average molecular weight is 204 g/mol. The molecule has 1 saturated heterocycles. The molecule has 0 aromatic heterocycles. The maximum Gasteiger partial charge on any atom is 0.214 e. The molecule has 0 amide bonds. The van der Waals surface area contributed by atoms with Gasteiger partial charge in [-0.25, -0.2) is 8.42 Å². The van der Waals surface area contributed by atoms with E-state index in [1.807, 2.05) is 6.07 Å². The fraction of sp³-hybridized carbons (Fsp3) is 0.857. The molecule has 13 heavy (non-hydrogen) atoms. The van der Waals surface area contributed by atoms with Crippen LogP contribution in [0.2, 0.25) is 0 Å². The van der Waals surface area contributed by atoms with Crippen molar-refractivity contribution in [3.05, 3.63) is 0 Å². The Morgan fingerprint density at radius 3 is 2.54 bits per heavy atom. The lowest BCUT2D eigenvalue weighted by atomic mass is 9.94. The molecule has 0 atom stereocenters. The first-order valence-corrected chi connectivity index (χ1v) is 5.61. The molecule has 0 unspecified atom stereocenters. The highest BCUT2D eigenvalue weighted by atomic mass is 32.2. The van der Waals surface area contributed by atoms with Crippen molar-refractivity contribution < 1.29 is 13.5 Å². The SMILES string of the molecule is CCS(=O)(=O)N1CC(O)(CC#N)C1. The Morgan fingerprint density at radius 2 is 2.15 bits per heavy atom. The summed E-state index contributed by atoms with van der Waals surface area (Å²) in [5.74, 6) is 0.0373. The molecule has 0 saturated carbocycles. The van der Waals surface area contributed by atoms with Gasteiger partial charge in [0.1, 0.15) is 5.60 Å². The van der Waals surface area contributed by atoms with Gasteiger partial charge in [0.25, 0.3) is 0 Å². The van der Waals surface area contributed by atoms with E-state index in [1.54, 1.807) is 6.92 Å². The number of sulfonamides is 1. The van der Waals surface area contributed by atoms with Gasteiger partial charge < -0.3 is 5.11 Å². The molecule has 0 radical (unpaired) electrons. The predicted octanol–water partition coefficient (Wildman–Crippen LogP) is -0.704. The summed E-state index contributed by atoms with van der Waals surface area (Å²) in [5, 5.41) is 17.8. The van der Waals surface area contributed by atoms with Crippen molar-refractivity contribution in [3.63, 3.8) is 0 Å². The second kappa shape index (κ2) is 3.25. The standard InChI is InChI=1S/C7H12N2O3S/c1-2-13(11,12)9-5-7(10,6-9)3-4-8/h10H,2-3,5-6H2,1H3. The van der Waals surface area contributed by atoms with E-state index in [9.17, 15) is 13.5 Å². The molecule has 1 N–H and O–H groups in total. The first kappa shape index (κ1) is 10.4. The van der Waals surface area contributed by atoms with E-state index in [4.69, 9.17) is 5.26 Å². The van der Waals surface area contributed by atoms with Crippen LogP contribution in [0, 0.1) is 11.3 Å². The van der Waals surface area contributed by atoms with Gasteiger partial charge >= 0.3 is 0 Å². The van der Waals surface area contributed by atoms with E-state index in [-0.39, 0.29) is 25.3 Å². The molecule has 74 valence electrons. The number of nitrogens with zero attached hydrogens (tertiary/aromatic N) is 2. The molecule has 1 fully saturated rings. The highest BCUT2D eigenvalue weighted by molar-refractivity contribution is 7.89. The zero-order valence-electron chi connectivity index (χ0n) is 7.39. The molecular weight excluding hydrogens is 192 g/mol. The summed E-state index contributed by atoms with van der Waals surface area (Å²) >= 11 is 0. The van der Waals surface area contributed by atoms with Crippen LogP contribution >= 0.6 is 0 Å². The third kappa shape index (κ3) is 1.99. The van der Waals surface area contributed by atoms with Crippen molar-refractivity contribution in [1.82, 2.24) is 4.31 Å². The molecule has 1 aliphatic heterocycles. The van der Waals surface area contributed by atoms with E-state index in [1.165, 1.54) is 4.31 Å². The Kier molecular flexibility index (Phi) is 2.61. The van der Waals surface area contributed by atoms with Crippen LogP contribution in [0.1, 0.15) is 13.3 Å². The largest absolute Gasteiger partial charge is 0.386 e. The molecule has 6 heteroatoms. The lowest BCUT2D eigenvalue weighted by Crippen LogP contribution is -2.63. The number of hydrogen-bond acceptors (Lipinski definition) is 4. The van der Waals surface area contributed by atoms with Crippen molar-refractivity contribution in [2.75, 3.05) is 18.8 Å². The summed E-state index contributed by atoms with van der Waals surface area (Å²) in [5.41, 5.74) is -1.11. The quantitative estimate of drug-likeness (QED) is 0.659. The van der Waals surface area contributed by atoms with E-state index >= 15 is 0 Å². The molecule has 0 aromatic carbocycles. The smallest absolute Gasteiger partial charge is 0.214 e. The van der Waals surface area contributed by atoms with Crippen LogP contribution in [0.4, 0.5) is 0 Å². The fourth-order valence-electron chi connectivity index (χ4n) is 1.25. The van der Waals surface area contributed by atoms with Crippen molar-refractivity contribution >= 4 is 10.0 Å². The second-order valence-corrected chi connectivity index (χ2v) is 5.49. The van der Waals surface area contributed by atoms with Crippen LogP contribution in [0.5, 0.6) is 0 Å². The molecule has 0 spiro atoms. The normalized spacial score (nSPS) is 21.9. The third-order valence-corrected chi connectivity index (χ3v) is 3.88. The second-order valence-electron chi connectivity index (χ2n) is 3.23. The van der Waals surface area contributed by atoms with Crippen LogP contribution < -0.4 is 0 Å². The third-order valence-electron chi connectivity index (χ3n) is 2.11. The Labute approximate surface area is 77.6 Å². The number of hydrogen-bond donors (Lipinski definition) is 1. The van der Waals surface area contributed by atoms with Gasteiger partial charge in [-0.05, 0) is 6.92 Å². The summed E-state index contributed by atoms with van der Waals surface area (Å²) < 4.78 is 23.6. The zero-order valence-corrected chi connectivity index (χ0v) is 8.21. The molecule has 1 rings (SSSR count). The first-order valence-electron chi connectivity index (χ1n) is 4.01. The topological polar surface area (TPSA) is 81.4 Å². The summed E-state index contributed by atoms with van der Waals surface area (Å²) in [7, 11) is -3.19. The van der Waals surface area contributed by atoms with Gasteiger partial charge in [0.2, 0.25) is 10.0 Å². The van der Waals surface area contributed by atoms with Crippen LogP contribution in [-0.2, 0) is 10.0 Å². The Bertz CT molecular complexity index is 324. The van der Waals surface area contributed by atoms with Crippen molar-refractivity contribution in [1.29, 1.82) is 5.26 Å². The van der Waals surface area contributed by atoms with Gasteiger partial charge in [-0.3, -0.25) is 0 Å². The van der Waals surface area contributed by atoms with Crippen LogP contribution in [0.3, 0.4) is 0 Å². The maximum absolute atomic E-state index is 11.2. The average Bonchev–Trinajstić information content (AvgIpc) is 2.00. The van der Waals surface area contributed by atoms with Gasteiger partial charge in [0.05, 0.1) is 18.2 Å². The van der Waals surface area contributed by atoms with E-state index < -0.39 is 15.6 Å². The minimum atomic E-state index is -3.19. The number of aliphatic hydroxyl groups is 1. The predicted molar refractivity (Wildman–Crippen MR) is 46.2 cm³/mol. The highest BCUT2D eigenvalue weighted by Gasteiger charge is 2.45. The lowest BCUT2D eigenvalue weighted by Gasteiger charge is -2.43. The number of rotatable bonds is 3. The summed E-state index contributed by atoms with van der Waals surface area (Å²) in [4.78, 5) is 0. The molecule has 5 nitrogen and oxygen atoms in total. The maximum atomic E-state index is 11.2. The Morgan fingerprint density at radius 1 is 1.62 bits per heavy atom. The van der Waals surface area contributed by atoms with E-state index in [2.05, 4.69) is 0 Å². The summed E-state index contributed by atoms with van der Waals surface area (Å²) in [6.45, 7) is 1.66. The van der Waals surface area contributed by atoms with Crippen LogP contribution in [0.15, 0.2) is 0 Å². The minimum Gasteiger partial charge on any atom is -0.386 e.